The number of aromatic nitrogens is 1. The Bertz CT molecular complexity index is 529. The van der Waals surface area contributed by atoms with E-state index in [1.54, 1.807) is 4.57 Å². The van der Waals surface area contributed by atoms with Crippen molar-refractivity contribution in [3.8, 4) is 0 Å². The third-order valence-corrected chi connectivity index (χ3v) is 4.96. The molecule has 1 N–H and O–H groups in total. The average Bonchev–Trinajstić information content (AvgIpc) is 2.66. The quantitative estimate of drug-likeness (QED) is 0.915. The molecule has 0 saturated carbocycles. The van der Waals surface area contributed by atoms with Crippen LogP contribution in [0.1, 0.15) is 30.3 Å². The summed E-state index contributed by atoms with van der Waals surface area (Å²) in [6, 6.07) is 0.0820. The lowest BCUT2D eigenvalue weighted by Crippen LogP contribution is -2.43. The van der Waals surface area contributed by atoms with Gasteiger partial charge in [0.25, 0.3) is 0 Å². The van der Waals surface area contributed by atoms with Crippen molar-refractivity contribution in [2.75, 3.05) is 13.2 Å². The zero-order valence-corrected chi connectivity index (χ0v) is 13.1. The summed E-state index contributed by atoms with van der Waals surface area (Å²) in [4.78, 5) is 24.7. The van der Waals surface area contributed by atoms with Crippen LogP contribution in [0.3, 0.4) is 0 Å². The highest BCUT2D eigenvalue weighted by Gasteiger charge is 2.22. The van der Waals surface area contributed by atoms with E-state index in [2.05, 4.69) is 5.32 Å². The topological polar surface area (TPSA) is 60.3 Å². The molecule has 0 bridgehead atoms. The van der Waals surface area contributed by atoms with Gasteiger partial charge in [-0.2, -0.15) is 0 Å². The Kier molecular flexibility index (Phi) is 4.99. The third kappa shape index (κ3) is 3.49. The number of thiazole rings is 1. The summed E-state index contributed by atoms with van der Waals surface area (Å²) in [7, 11) is 0. The molecule has 20 heavy (non-hydrogen) atoms. The van der Waals surface area contributed by atoms with Crippen molar-refractivity contribution in [2.45, 2.75) is 46.2 Å². The van der Waals surface area contributed by atoms with Crippen LogP contribution in [0, 0.1) is 19.8 Å². The van der Waals surface area contributed by atoms with Gasteiger partial charge in [0.05, 0.1) is 6.61 Å². The number of nitrogens with zero attached hydrogens (tertiary/aromatic N) is 1. The SMILES string of the molecule is Cc1sc(=O)n(CC(=O)NC(C)C2CCCOC2)c1C. The Morgan fingerprint density at radius 2 is 2.30 bits per heavy atom. The maximum atomic E-state index is 12.1. The molecule has 2 rings (SSSR count). The van der Waals surface area contributed by atoms with E-state index in [9.17, 15) is 9.59 Å². The number of hydrogen-bond acceptors (Lipinski definition) is 4. The van der Waals surface area contributed by atoms with Crippen LogP contribution in [0.25, 0.3) is 0 Å². The number of carbonyl (C=O) groups excluding carboxylic acids is 1. The van der Waals surface area contributed by atoms with Gasteiger partial charge in [-0.05, 0) is 33.6 Å². The number of ether oxygens (including phenoxy) is 1. The Balaban J connectivity index is 1.93. The molecule has 1 amide bonds. The fourth-order valence-electron chi connectivity index (χ4n) is 2.49. The van der Waals surface area contributed by atoms with E-state index in [1.165, 1.54) is 11.3 Å². The van der Waals surface area contributed by atoms with Crippen molar-refractivity contribution in [3.05, 3.63) is 20.2 Å². The van der Waals surface area contributed by atoms with E-state index in [-0.39, 0.29) is 23.4 Å². The molecular weight excluding hydrogens is 276 g/mol. The smallest absolute Gasteiger partial charge is 0.308 e. The molecule has 1 aliphatic rings. The van der Waals surface area contributed by atoms with Crippen LogP contribution in [0.5, 0.6) is 0 Å². The first-order valence-electron chi connectivity index (χ1n) is 7.03. The fourth-order valence-corrected chi connectivity index (χ4v) is 3.32. The normalized spacial score (nSPS) is 20.6. The largest absolute Gasteiger partial charge is 0.381 e. The number of carbonyl (C=O) groups is 1. The minimum atomic E-state index is -0.105. The van der Waals surface area contributed by atoms with Crippen LogP contribution in [0.2, 0.25) is 0 Å². The maximum Gasteiger partial charge on any atom is 0.308 e. The summed E-state index contributed by atoms with van der Waals surface area (Å²) >= 11 is 1.19. The summed E-state index contributed by atoms with van der Waals surface area (Å²) in [5, 5.41) is 2.99. The first-order valence-corrected chi connectivity index (χ1v) is 7.84. The van der Waals surface area contributed by atoms with E-state index in [1.807, 2.05) is 20.8 Å². The molecule has 1 aliphatic heterocycles. The molecule has 6 heteroatoms. The number of aryl methyl sites for hydroxylation is 1. The fraction of sp³-hybridized carbons (Fsp3) is 0.714. The van der Waals surface area contributed by atoms with Gasteiger partial charge in [-0.15, -0.1) is 0 Å². The molecule has 5 nitrogen and oxygen atoms in total. The molecular formula is C14H22N2O3S. The summed E-state index contributed by atoms with van der Waals surface area (Å²) in [5.41, 5.74) is 0.879. The highest BCUT2D eigenvalue weighted by Crippen LogP contribution is 2.17. The minimum Gasteiger partial charge on any atom is -0.381 e. The van der Waals surface area contributed by atoms with E-state index >= 15 is 0 Å². The Labute approximate surface area is 122 Å². The van der Waals surface area contributed by atoms with Gasteiger partial charge in [0, 0.05) is 29.1 Å². The molecule has 0 spiro atoms. The molecule has 0 aliphatic carbocycles. The van der Waals surface area contributed by atoms with Crippen LogP contribution in [0.4, 0.5) is 0 Å². The zero-order chi connectivity index (χ0) is 14.7. The summed E-state index contributed by atoms with van der Waals surface area (Å²) in [6.07, 6.45) is 2.13. The average molecular weight is 298 g/mol. The second-order valence-corrected chi connectivity index (χ2v) is 6.59. The van der Waals surface area contributed by atoms with Gasteiger partial charge in [-0.25, -0.2) is 0 Å². The van der Waals surface area contributed by atoms with Crippen molar-refractivity contribution >= 4 is 17.2 Å². The molecule has 2 atom stereocenters. The van der Waals surface area contributed by atoms with Gasteiger partial charge in [-0.1, -0.05) is 11.3 Å². The standard InChI is InChI=1S/C14H22N2O3S/c1-9(12-5-4-6-19-8-12)15-13(17)7-16-10(2)11(3)20-14(16)18/h9,12H,4-8H2,1-3H3,(H,15,17). The lowest BCUT2D eigenvalue weighted by Gasteiger charge is -2.28. The Hall–Kier alpha value is -1.14. The Morgan fingerprint density at radius 3 is 2.85 bits per heavy atom. The second kappa shape index (κ2) is 6.54. The lowest BCUT2D eigenvalue weighted by atomic mass is 9.95. The summed E-state index contributed by atoms with van der Waals surface area (Å²) in [5.74, 6) is 0.265. The van der Waals surface area contributed by atoms with Gasteiger partial charge in [0.2, 0.25) is 5.91 Å². The first kappa shape index (κ1) is 15.3. The summed E-state index contributed by atoms with van der Waals surface area (Å²) < 4.78 is 6.98. The van der Waals surface area contributed by atoms with Gasteiger partial charge < -0.3 is 10.1 Å². The lowest BCUT2D eigenvalue weighted by molar-refractivity contribution is -0.123. The van der Waals surface area contributed by atoms with Crippen molar-refractivity contribution in [2.24, 2.45) is 5.92 Å². The maximum absolute atomic E-state index is 12.1. The van der Waals surface area contributed by atoms with Gasteiger partial charge in [0.15, 0.2) is 0 Å². The molecule has 1 saturated heterocycles. The van der Waals surface area contributed by atoms with Crippen molar-refractivity contribution in [3.63, 3.8) is 0 Å². The molecule has 112 valence electrons. The predicted octanol–water partition coefficient (Wildman–Crippen LogP) is 1.46. The van der Waals surface area contributed by atoms with E-state index < -0.39 is 0 Å². The zero-order valence-electron chi connectivity index (χ0n) is 12.3. The van der Waals surface area contributed by atoms with Crippen LogP contribution in [0.15, 0.2) is 4.79 Å². The number of nitrogens with one attached hydrogen (secondary N) is 1. The highest BCUT2D eigenvalue weighted by molar-refractivity contribution is 7.09. The van der Waals surface area contributed by atoms with Crippen molar-refractivity contribution < 1.29 is 9.53 Å². The molecule has 0 radical (unpaired) electrons. The Morgan fingerprint density at radius 1 is 1.55 bits per heavy atom. The first-order chi connectivity index (χ1) is 9.49. The van der Waals surface area contributed by atoms with Crippen molar-refractivity contribution in [1.82, 2.24) is 9.88 Å². The van der Waals surface area contributed by atoms with E-state index in [4.69, 9.17) is 4.74 Å². The van der Waals surface area contributed by atoms with Gasteiger partial charge >= 0.3 is 4.87 Å². The van der Waals surface area contributed by atoms with Crippen LogP contribution >= 0.6 is 11.3 Å². The molecule has 2 unspecified atom stereocenters. The highest BCUT2D eigenvalue weighted by atomic mass is 32.1. The molecule has 1 fully saturated rings. The van der Waals surface area contributed by atoms with Crippen molar-refractivity contribution in [1.29, 1.82) is 0 Å². The monoisotopic (exact) mass is 298 g/mol. The third-order valence-electron chi connectivity index (χ3n) is 3.97. The molecule has 0 aromatic carbocycles. The van der Waals surface area contributed by atoms with E-state index in [0.29, 0.717) is 12.5 Å². The van der Waals surface area contributed by atoms with Crippen LogP contribution in [-0.2, 0) is 16.1 Å². The van der Waals surface area contributed by atoms with Crippen LogP contribution in [-0.4, -0.2) is 29.7 Å². The van der Waals surface area contributed by atoms with Crippen LogP contribution < -0.4 is 10.2 Å². The molecule has 2 heterocycles. The number of hydrogen-bond donors (Lipinski definition) is 1. The summed E-state index contributed by atoms with van der Waals surface area (Å²) in [6.45, 7) is 7.41. The minimum absolute atomic E-state index is 0.0659. The van der Waals surface area contributed by atoms with Gasteiger partial charge in [0.1, 0.15) is 6.54 Å². The molecule has 1 aromatic rings. The molecule has 1 aromatic heterocycles. The predicted molar refractivity (Wildman–Crippen MR) is 79.2 cm³/mol. The van der Waals surface area contributed by atoms with Gasteiger partial charge in [-0.3, -0.25) is 14.2 Å². The van der Waals surface area contributed by atoms with E-state index in [0.717, 1.165) is 30.0 Å². The number of rotatable bonds is 4. The second-order valence-electron chi connectivity index (χ2n) is 5.43. The number of amides is 1.